The van der Waals surface area contributed by atoms with Crippen molar-refractivity contribution in [2.75, 3.05) is 13.1 Å². The van der Waals surface area contributed by atoms with Gasteiger partial charge in [-0.2, -0.15) is 0 Å². The van der Waals surface area contributed by atoms with Gasteiger partial charge in [-0.25, -0.2) is 0 Å². The van der Waals surface area contributed by atoms with E-state index in [4.69, 9.17) is 0 Å². The molecule has 2 heteroatoms. The topological polar surface area (TPSA) is 20.3 Å². The van der Waals surface area contributed by atoms with Crippen molar-refractivity contribution in [2.45, 2.75) is 40.2 Å². The number of hydrogen-bond acceptors (Lipinski definition) is 2. The van der Waals surface area contributed by atoms with E-state index in [1.807, 2.05) is 6.92 Å². The molecule has 1 atom stereocenters. The Bertz CT molecular complexity index is 183. The minimum absolute atomic E-state index is 0.0347. The molecular weight excluding hydrogens is 162 g/mol. The molecule has 1 unspecified atom stereocenters. The standard InChI is InChI=1S/C11H21NO/c1-6-10(11(13)9(4)5)12(7-2)8-3/h10H,4,6-8H2,1-3,5H3. The van der Waals surface area contributed by atoms with Crippen molar-refractivity contribution in [3.05, 3.63) is 12.2 Å². The summed E-state index contributed by atoms with van der Waals surface area (Å²) in [6, 6.07) is 0.0347. The predicted molar refractivity (Wildman–Crippen MR) is 56.8 cm³/mol. The van der Waals surface area contributed by atoms with Gasteiger partial charge in [0.25, 0.3) is 0 Å². The summed E-state index contributed by atoms with van der Waals surface area (Å²) in [4.78, 5) is 13.9. The van der Waals surface area contributed by atoms with Gasteiger partial charge in [-0.3, -0.25) is 9.69 Å². The smallest absolute Gasteiger partial charge is 0.175 e. The Morgan fingerprint density at radius 3 is 2.00 bits per heavy atom. The van der Waals surface area contributed by atoms with Crippen LogP contribution in [-0.2, 0) is 4.79 Å². The van der Waals surface area contributed by atoms with Crippen LogP contribution in [0.4, 0.5) is 0 Å². The van der Waals surface area contributed by atoms with Crippen molar-refractivity contribution in [3.63, 3.8) is 0 Å². The van der Waals surface area contributed by atoms with Gasteiger partial charge in [-0.15, -0.1) is 0 Å². The quantitative estimate of drug-likeness (QED) is 0.589. The van der Waals surface area contributed by atoms with Crippen LogP contribution in [0.15, 0.2) is 12.2 Å². The number of carbonyl (C=O) groups excluding carboxylic acids is 1. The fraction of sp³-hybridized carbons (Fsp3) is 0.727. The Labute approximate surface area is 81.6 Å². The van der Waals surface area contributed by atoms with Crippen LogP contribution in [-0.4, -0.2) is 29.8 Å². The molecule has 0 radical (unpaired) electrons. The fourth-order valence-corrected chi connectivity index (χ4v) is 1.56. The number of carbonyl (C=O) groups is 1. The maximum absolute atomic E-state index is 11.7. The molecule has 76 valence electrons. The lowest BCUT2D eigenvalue weighted by molar-refractivity contribution is -0.120. The summed E-state index contributed by atoms with van der Waals surface area (Å²) < 4.78 is 0. The molecule has 0 aromatic heterocycles. The van der Waals surface area contributed by atoms with E-state index in [1.54, 1.807) is 6.92 Å². The zero-order valence-electron chi connectivity index (χ0n) is 9.26. The highest BCUT2D eigenvalue weighted by molar-refractivity contribution is 5.98. The molecule has 0 heterocycles. The predicted octanol–water partition coefficient (Wildman–Crippen LogP) is 2.25. The van der Waals surface area contributed by atoms with Crippen LogP contribution in [0.1, 0.15) is 34.1 Å². The van der Waals surface area contributed by atoms with E-state index in [0.29, 0.717) is 5.57 Å². The van der Waals surface area contributed by atoms with E-state index in [-0.39, 0.29) is 11.8 Å². The first-order valence-corrected chi connectivity index (χ1v) is 5.02. The lowest BCUT2D eigenvalue weighted by atomic mass is 10.0. The number of likely N-dealkylation sites (N-methyl/N-ethyl adjacent to an activating group) is 1. The highest BCUT2D eigenvalue weighted by Gasteiger charge is 2.21. The van der Waals surface area contributed by atoms with Crippen molar-refractivity contribution in [2.24, 2.45) is 0 Å². The molecular formula is C11H21NO. The molecule has 0 rings (SSSR count). The summed E-state index contributed by atoms with van der Waals surface area (Å²) in [5, 5.41) is 0. The van der Waals surface area contributed by atoms with E-state index in [1.165, 1.54) is 0 Å². The molecule has 2 nitrogen and oxygen atoms in total. The minimum Gasteiger partial charge on any atom is -0.294 e. The second-order valence-corrected chi connectivity index (χ2v) is 3.29. The summed E-state index contributed by atoms with van der Waals surface area (Å²) >= 11 is 0. The van der Waals surface area contributed by atoms with Crippen LogP contribution in [0.3, 0.4) is 0 Å². The fourth-order valence-electron chi connectivity index (χ4n) is 1.56. The van der Waals surface area contributed by atoms with Gasteiger partial charge in [0, 0.05) is 0 Å². The average Bonchev–Trinajstić information content (AvgIpc) is 2.12. The van der Waals surface area contributed by atoms with E-state index < -0.39 is 0 Å². The molecule has 0 fully saturated rings. The van der Waals surface area contributed by atoms with Gasteiger partial charge in [-0.1, -0.05) is 27.4 Å². The van der Waals surface area contributed by atoms with Gasteiger partial charge in [0.05, 0.1) is 6.04 Å². The Balaban J connectivity index is 4.47. The Morgan fingerprint density at radius 2 is 1.77 bits per heavy atom. The lowest BCUT2D eigenvalue weighted by Crippen LogP contribution is -2.40. The number of Topliss-reactive ketones (excluding diaryl/α,β-unsaturated/α-hetero) is 1. The van der Waals surface area contributed by atoms with Crippen LogP contribution in [0, 0.1) is 0 Å². The molecule has 0 aliphatic rings. The summed E-state index contributed by atoms with van der Waals surface area (Å²) in [6.45, 7) is 13.5. The SMILES string of the molecule is C=C(C)C(=O)C(CC)N(CC)CC. The summed E-state index contributed by atoms with van der Waals surface area (Å²) in [6.07, 6.45) is 0.868. The highest BCUT2D eigenvalue weighted by atomic mass is 16.1. The highest BCUT2D eigenvalue weighted by Crippen LogP contribution is 2.09. The van der Waals surface area contributed by atoms with Gasteiger partial charge in [0.1, 0.15) is 0 Å². The molecule has 0 aliphatic heterocycles. The molecule has 0 bridgehead atoms. The van der Waals surface area contributed by atoms with Crippen LogP contribution in [0.25, 0.3) is 0 Å². The first-order chi connectivity index (χ1) is 6.08. The molecule has 13 heavy (non-hydrogen) atoms. The third-order valence-corrected chi connectivity index (χ3v) is 2.36. The Hall–Kier alpha value is -0.630. The molecule has 0 spiro atoms. The summed E-state index contributed by atoms with van der Waals surface area (Å²) in [7, 11) is 0. The Kier molecular flexibility index (Phi) is 5.63. The Morgan fingerprint density at radius 1 is 1.31 bits per heavy atom. The van der Waals surface area contributed by atoms with Gasteiger partial charge in [0.2, 0.25) is 0 Å². The largest absolute Gasteiger partial charge is 0.294 e. The van der Waals surface area contributed by atoms with E-state index in [2.05, 4.69) is 25.3 Å². The third kappa shape index (κ3) is 3.31. The van der Waals surface area contributed by atoms with E-state index >= 15 is 0 Å². The molecule has 0 aliphatic carbocycles. The van der Waals surface area contributed by atoms with Crippen molar-refractivity contribution < 1.29 is 4.79 Å². The molecule has 0 saturated heterocycles. The van der Waals surface area contributed by atoms with Crippen molar-refractivity contribution in [1.82, 2.24) is 4.90 Å². The van der Waals surface area contributed by atoms with Crippen molar-refractivity contribution in [1.29, 1.82) is 0 Å². The van der Waals surface area contributed by atoms with Crippen molar-refractivity contribution in [3.8, 4) is 0 Å². The molecule has 0 N–H and O–H groups in total. The zero-order chi connectivity index (χ0) is 10.4. The second-order valence-electron chi connectivity index (χ2n) is 3.29. The second kappa shape index (κ2) is 5.92. The van der Waals surface area contributed by atoms with Gasteiger partial charge in [0.15, 0.2) is 5.78 Å². The summed E-state index contributed by atoms with van der Waals surface area (Å²) in [5.41, 5.74) is 0.666. The van der Waals surface area contributed by atoms with E-state index in [0.717, 1.165) is 19.5 Å². The number of rotatable bonds is 6. The maximum atomic E-state index is 11.7. The first-order valence-electron chi connectivity index (χ1n) is 5.02. The van der Waals surface area contributed by atoms with Crippen LogP contribution in [0.5, 0.6) is 0 Å². The first kappa shape index (κ1) is 12.4. The van der Waals surface area contributed by atoms with Crippen LogP contribution < -0.4 is 0 Å². The molecule has 0 aromatic carbocycles. The van der Waals surface area contributed by atoms with Gasteiger partial charge in [-0.05, 0) is 32.0 Å². The van der Waals surface area contributed by atoms with E-state index in [9.17, 15) is 4.79 Å². The maximum Gasteiger partial charge on any atom is 0.175 e. The van der Waals surface area contributed by atoms with Crippen LogP contribution in [0.2, 0.25) is 0 Å². The number of hydrogen-bond donors (Lipinski definition) is 0. The summed E-state index contributed by atoms with van der Waals surface area (Å²) in [5.74, 6) is 0.186. The zero-order valence-corrected chi connectivity index (χ0v) is 9.26. The normalized spacial score (nSPS) is 13.0. The van der Waals surface area contributed by atoms with Gasteiger partial charge >= 0.3 is 0 Å². The third-order valence-electron chi connectivity index (χ3n) is 2.36. The minimum atomic E-state index is 0.0347. The van der Waals surface area contributed by atoms with Crippen molar-refractivity contribution >= 4 is 5.78 Å². The molecule has 0 amide bonds. The number of ketones is 1. The molecule has 0 aromatic rings. The van der Waals surface area contributed by atoms with Gasteiger partial charge < -0.3 is 0 Å². The average molecular weight is 183 g/mol. The number of nitrogens with zero attached hydrogens (tertiary/aromatic N) is 1. The monoisotopic (exact) mass is 183 g/mol. The van der Waals surface area contributed by atoms with Crippen LogP contribution >= 0.6 is 0 Å². The lowest BCUT2D eigenvalue weighted by Gasteiger charge is -2.27. The molecule has 0 saturated carbocycles.